The number of hydrogen-bond acceptors (Lipinski definition) is 4. The first-order valence-corrected chi connectivity index (χ1v) is 8.16. The molecule has 0 N–H and O–H groups in total. The van der Waals surface area contributed by atoms with Crippen LogP contribution in [0.15, 0.2) is 30.7 Å². The van der Waals surface area contributed by atoms with Crippen molar-refractivity contribution in [1.29, 1.82) is 0 Å². The van der Waals surface area contributed by atoms with E-state index in [1.807, 2.05) is 12.4 Å². The molecule has 3 heterocycles. The predicted molar refractivity (Wildman–Crippen MR) is 89.2 cm³/mol. The molecule has 0 unspecified atom stereocenters. The number of anilines is 1. The van der Waals surface area contributed by atoms with E-state index in [9.17, 15) is 4.39 Å². The SMILES string of the molecule is CN(C)CCn1ccnc1[C@@H]1CCCN(c2ncccc2F)C1. The van der Waals surface area contributed by atoms with Gasteiger partial charge in [-0.3, -0.25) is 0 Å². The van der Waals surface area contributed by atoms with E-state index in [1.165, 1.54) is 6.07 Å². The zero-order valence-electron chi connectivity index (χ0n) is 13.8. The summed E-state index contributed by atoms with van der Waals surface area (Å²) in [5.74, 6) is 1.64. The average Bonchev–Trinajstić information content (AvgIpc) is 3.02. The summed E-state index contributed by atoms with van der Waals surface area (Å²) in [6, 6.07) is 3.11. The van der Waals surface area contributed by atoms with Gasteiger partial charge in [-0.15, -0.1) is 0 Å². The molecule has 2 aromatic rings. The van der Waals surface area contributed by atoms with Crippen LogP contribution in [0.1, 0.15) is 24.6 Å². The largest absolute Gasteiger partial charge is 0.353 e. The number of hydrogen-bond donors (Lipinski definition) is 0. The minimum absolute atomic E-state index is 0.246. The summed E-state index contributed by atoms with van der Waals surface area (Å²) in [5, 5.41) is 0. The summed E-state index contributed by atoms with van der Waals surface area (Å²) in [6.07, 6.45) is 7.68. The first-order valence-electron chi connectivity index (χ1n) is 8.16. The van der Waals surface area contributed by atoms with E-state index in [0.717, 1.165) is 44.8 Å². The molecule has 1 atom stereocenters. The standard InChI is InChI=1S/C17H24FN5/c1-21(2)11-12-22-10-8-20-16(22)14-5-4-9-23(13-14)17-15(18)6-3-7-19-17/h3,6-8,10,14H,4-5,9,11-13H2,1-2H3/t14-/m1/s1. The van der Waals surface area contributed by atoms with Crippen molar-refractivity contribution in [2.75, 3.05) is 38.6 Å². The molecule has 1 fully saturated rings. The quantitative estimate of drug-likeness (QED) is 0.848. The van der Waals surface area contributed by atoms with E-state index in [4.69, 9.17) is 0 Å². The van der Waals surface area contributed by atoms with Crippen LogP contribution in [0.2, 0.25) is 0 Å². The van der Waals surface area contributed by atoms with Gasteiger partial charge in [-0.2, -0.15) is 0 Å². The monoisotopic (exact) mass is 317 g/mol. The molecule has 0 bridgehead atoms. The molecule has 1 aliphatic rings. The van der Waals surface area contributed by atoms with Gasteiger partial charge in [0.15, 0.2) is 11.6 Å². The normalized spacial score (nSPS) is 18.6. The zero-order chi connectivity index (χ0) is 16.2. The van der Waals surface area contributed by atoms with Gasteiger partial charge in [-0.25, -0.2) is 14.4 Å². The molecule has 124 valence electrons. The molecular weight excluding hydrogens is 293 g/mol. The Morgan fingerprint density at radius 3 is 2.96 bits per heavy atom. The van der Waals surface area contributed by atoms with Crippen molar-refractivity contribution in [2.45, 2.75) is 25.3 Å². The summed E-state index contributed by atoms with van der Waals surface area (Å²) >= 11 is 0. The van der Waals surface area contributed by atoms with Crippen LogP contribution in [-0.2, 0) is 6.54 Å². The number of halogens is 1. The Morgan fingerprint density at radius 2 is 2.17 bits per heavy atom. The third-order valence-electron chi connectivity index (χ3n) is 4.36. The minimum Gasteiger partial charge on any atom is -0.353 e. The third-order valence-corrected chi connectivity index (χ3v) is 4.36. The highest BCUT2D eigenvalue weighted by Gasteiger charge is 2.26. The molecule has 0 amide bonds. The van der Waals surface area contributed by atoms with E-state index in [2.05, 4.69) is 38.4 Å². The predicted octanol–water partition coefficient (Wildman–Crippen LogP) is 2.36. The molecule has 6 heteroatoms. The van der Waals surface area contributed by atoms with Gasteiger partial charge in [0.25, 0.3) is 0 Å². The smallest absolute Gasteiger partial charge is 0.165 e. The third kappa shape index (κ3) is 3.69. The van der Waals surface area contributed by atoms with Crippen molar-refractivity contribution >= 4 is 5.82 Å². The number of aromatic nitrogens is 3. The topological polar surface area (TPSA) is 37.2 Å². The van der Waals surface area contributed by atoms with Crippen molar-refractivity contribution in [3.05, 3.63) is 42.4 Å². The number of pyridine rings is 1. The van der Waals surface area contributed by atoms with E-state index >= 15 is 0 Å². The van der Waals surface area contributed by atoms with Gasteiger partial charge < -0.3 is 14.4 Å². The van der Waals surface area contributed by atoms with Crippen LogP contribution in [0.25, 0.3) is 0 Å². The average molecular weight is 317 g/mol. The molecule has 0 radical (unpaired) electrons. The number of rotatable bonds is 5. The minimum atomic E-state index is -0.246. The lowest BCUT2D eigenvalue weighted by Crippen LogP contribution is -2.36. The summed E-state index contributed by atoms with van der Waals surface area (Å²) in [4.78, 5) is 13.0. The molecule has 23 heavy (non-hydrogen) atoms. The molecule has 0 aromatic carbocycles. The molecule has 1 aliphatic heterocycles. The molecule has 0 aliphatic carbocycles. The fourth-order valence-electron chi connectivity index (χ4n) is 3.17. The van der Waals surface area contributed by atoms with E-state index in [-0.39, 0.29) is 5.82 Å². The molecule has 2 aromatic heterocycles. The van der Waals surface area contributed by atoms with Crippen LogP contribution >= 0.6 is 0 Å². The fraction of sp³-hybridized carbons (Fsp3) is 0.529. The molecule has 5 nitrogen and oxygen atoms in total. The lowest BCUT2D eigenvalue weighted by atomic mass is 9.97. The Labute approximate surface area is 136 Å². The van der Waals surface area contributed by atoms with E-state index in [1.54, 1.807) is 12.3 Å². The summed E-state index contributed by atoms with van der Waals surface area (Å²) < 4.78 is 16.2. The van der Waals surface area contributed by atoms with Gasteiger partial charge in [-0.05, 0) is 39.1 Å². The van der Waals surface area contributed by atoms with Crippen LogP contribution in [-0.4, -0.2) is 53.2 Å². The highest BCUT2D eigenvalue weighted by Crippen LogP contribution is 2.29. The summed E-state index contributed by atoms with van der Waals surface area (Å²) in [6.45, 7) is 3.53. The maximum absolute atomic E-state index is 14.0. The van der Waals surface area contributed by atoms with Crippen molar-refractivity contribution in [3.8, 4) is 0 Å². The van der Waals surface area contributed by atoms with Crippen molar-refractivity contribution in [2.24, 2.45) is 0 Å². The Morgan fingerprint density at radius 1 is 1.30 bits per heavy atom. The molecular formula is C17H24FN5. The van der Waals surface area contributed by atoms with Gasteiger partial charge in [0.2, 0.25) is 0 Å². The van der Waals surface area contributed by atoms with Crippen molar-refractivity contribution < 1.29 is 4.39 Å². The number of imidazole rings is 1. The van der Waals surface area contributed by atoms with Gasteiger partial charge in [0.05, 0.1) is 0 Å². The van der Waals surface area contributed by atoms with Crippen molar-refractivity contribution in [3.63, 3.8) is 0 Å². The number of likely N-dealkylation sites (N-methyl/N-ethyl adjacent to an activating group) is 1. The van der Waals surface area contributed by atoms with Crippen LogP contribution in [0.5, 0.6) is 0 Å². The molecule has 0 saturated carbocycles. The second-order valence-electron chi connectivity index (χ2n) is 6.38. The van der Waals surface area contributed by atoms with Crippen molar-refractivity contribution in [1.82, 2.24) is 19.4 Å². The Bertz CT molecular complexity index is 639. The van der Waals surface area contributed by atoms with Crippen LogP contribution in [0.4, 0.5) is 10.2 Å². The van der Waals surface area contributed by atoms with Crippen LogP contribution in [0.3, 0.4) is 0 Å². The Hall–Kier alpha value is -1.95. The summed E-state index contributed by atoms with van der Waals surface area (Å²) in [5.41, 5.74) is 0. The van der Waals surface area contributed by atoms with Crippen LogP contribution in [0, 0.1) is 5.82 Å². The van der Waals surface area contributed by atoms with E-state index in [0.29, 0.717) is 11.7 Å². The Balaban J connectivity index is 1.74. The maximum atomic E-state index is 14.0. The number of nitrogens with zero attached hydrogens (tertiary/aromatic N) is 5. The van der Waals surface area contributed by atoms with Gasteiger partial charge in [-0.1, -0.05) is 0 Å². The second-order valence-corrected chi connectivity index (χ2v) is 6.38. The Kier molecular flexibility index (Phi) is 4.91. The van der Waals surface area contributed by atoms with Gasteiger partial charge in [0, 0.05) is 50.7 Å². The van der Waals surface area contributed by atoms with Gasteiger partial charge in [0.1, 0.15) is 5.82 Å². The summed E-state index contributed by atoms with van der Waals surface area (Å²) in [7, 11) is 4.14. The molecule has 0 spiro atoms. The first-order chi connectivity index (χ1) is 11.1. The van der Waals surface area contributed by atoms with Crippen LogP contribution < -0.4 is 4.90 Å². The lowest BCUT2D eigenvalue weighted by Gasteiger charge is -2.33. The maximum Gasteiger partial charge on any atom is 0.165 e. The second kappa shape index (κ2) is 7.08. The molecule has 1 saturated heterocycles. The highest BCUT2D eigenvalue weighted by molar-refractivity contribution is 5.40. The first kappa shape index (κ1) is 15.9. The zero-order valence-corrected chi connectivity index (χ0v) is 13.8. The lowest BCUT2D eigenvalue weighted by molar-refractivity contribution is 0.373. The highest BCUT2D eigenvalue weighted by atomic mass is 19.1. The van der Waals surface area contributed by atoms with Gasteiger partial charge >= 0.3 is 0 Å². The molecule has 3 rings (SSSR count). The number of piperidine rings is 1. The fourth-order valence-corrected chi connectivity index (χ4v) is 3.17. The van der Waals surface area contributed by atoms with E-state index < -0.39 is 0 Å².